The highest BCUT2D eigenvalue weighted by Crippen LogP contribution is 2.39. The van der Waals surface area contributed by atoms with E-state index in [9.17, 15) is 9.59 Å². The molecule has 1 unspecified atom stereocenters. The average molecular weight is 335 g/mol. The smallest absolute Gasteiger partial charge is 0.242 e. The van der Waals surface area contributed by atoms with Gasteiger partial charge in [-0.05, 0) is 58.0 Å². The molecule has 3 heterocycles. The molecule has 3 aliphatic rings. The van der Waals surface area contributed by atoms with Crippen molar-refractivity contribution in [1.82, 2.24) is 14.7 Å². The molecule has 3 fully saturated rings. The largest absolute Gasteiger partial charge is 0.341 e. The number of hydrogen-bond donors (Lipinski definition) is 0. The Hall–Kier alpha value is -1.10. The Morgan fingerprint density at radius 2 is 1.83 bits per heavy atom. The van der Waals surface area contributed by atoms with Gasteiger partial charge in [-0.15, -0.1) is 0 Å². The fourth-order valence-corrected chi connectivity index (χ4v) is 4.69. The van der Waals surface area contributed by atoms with E-state index in [2.05, 4.69) is 11.8 Å². The zero-order valence-corrected chi connectivity index (χ0v) is 15.3. The Bertz CT molecular complexity index is 462. The van der Waals surface area contributed by atoms with Crippen molar-refractivity contribution in [2.45, 2.75) is 70.3 Å². The highest BCUT2D eigenvalue weighted by atomic mass is 16.2. The maximum absolute atomic E-state index is 12.6. The lowest BCUT2D eigenvalue weighted by Crippen LogP contribution is -2.51. The predicted octanol–water partition coefficient (Wildman–Crippen LogP) is 2.26. The van der Waals surface area contributed by atoms with Crippen LogP contribution in [0.2, 0.25) is 0 Å². The van der Waals surface area contributed by atoms with E-state index in [1.807, 2.05) is 9.80 Å². The SMILES string of the molecule is CCCCN1CCCC2(CCC(=O)N2CC(=O)N2CCCC2)CC1. The van der Waals surface area contributed by atoms with Crippen molar-refractivity contribution in [1.29, 1.82) is 0 Å². The van der Waals surface area contributed by atoms with Gasteiger partial charge in [0.05, 0.1) is 0 Å². The number of carbonyl (C=O) groups is 2. The van der Waals surface area contributed by atoms with Crippen LogP contribution < -0.4 is 0 Å². The summed E-state index contributed by atoms with van der Waals surface area (Å²) in [4.78, 5) is 31.6. The van der Waals surface area contributed by atoms with Crippen LogP contribution in [0.25, 0.3) is 0 Å². The summed E-state index contributed by atoms with van der Waals surface area (Å²) in [6.45, 7) is 7.69. The molecule has 3 saturated heterocycles. The van der Waals surface area contributed by atoms with E-state index < -0.39 is 0 Å². The molecule has 5 heteroatoms. The summed E-state index contributed by atoms with van der Waals surface area (Å²) in [5.74, 6) is 0.360. The molecule has 0 radical (unpaired) electrons. The molecule has 0 bridgehead atoms. The van der Waals surface area contributed by atoms with Crippen molar-refractivity contribution < 1.29 is 9.59 Å². The first-order valence-corrected chi connectivity index (χ1v) is 9.95. The van der Waals surface area contributed by atoms with E-state index >= 15 is 0 Å². The molecule has 3 rings (SSSR count). The van der Waals surface area contributed by atoms with Gasteiger partial charge in [0.2, 0.25) is 11.8 Å². The van der Waals surface area contributed by atoms with Crippen LogP contribution in [0.15, 0.2) is 0 Å². The van der Waals surface area contributed by atoms with E-state index in [-0.39, 0.29) is 17.4 Å². The monoisotopic (exact) mass is 335 g/mol. The Labute approximate surface area is 146 Å². The normalized spacial score (nSPS) is 28.8. The number of nitrogens with zero attached hydrogens (tertiary/aromatic N) is 3. The molecular formula is C19H33N3O2. The van der Waals surface area contributed by atoms with Crippen molar-refractivity contribution in [2.24, 2.45) is 0 Å². The van der Waals surface area contributed by atoms with Gasteiger partial charge in [0, 0.05) is 31.6 Å². The van der Waals surface area contributed by atoms with E-state index in [1.54, 1.807) is 0 Å². The van der Waals surface area contributed by atoms with Crippen LogP contribution in [0.3, 0.4) is 0 Å². The quantitative estimate of drug-likeness (QED) is 0.774. The summed E-state index contributed by atoms with van der Waals surface area (Å²) in [5, 5.41) is 0. The number of likely N-dealkylation sites (tertiary alicyclic amines) is 3. The molecule has 0 aliphatic carbocycles. The highest BCUT2D eigenvalue weighted by Gasteiger charge is 2.46. The third kappa shape index (κ3) is 3.76. The van der Waals surface area contributed by atoms with Gasteiger partial charge >= 0.3 is 0 Å². The minimum atomic E-state index is -0.0482. The Kier molecular flexibility index (Phi) is 5.80. The third-order valence-corrected chi connectivity index (χ3v) is 6.27. The first-order valence-electron chi connectivity index (χ1n) is 9.95. The van der Waals surface area contributed by atoms with Crippen LogP contribution in [0.5, 0.6) is 0 Å². The molecule has 2 amide bonds. The lowest BCUT2D eigenvalue weighted by molar-refractivity contribution is -0.141. The first kappa shape index (κ1) is 17.7. The maximum Gasteiger partial charge on any atom is 0.242 e. The van der Waals surface area contributed by atoms with Gasteiger partial charge in [-0.3, -0.25) is 9.59 Å². The van der Waals surface area contributed by atoms with Gasteiger partial charge in [-0.25, -0.2) is 0 Å². The lowest BCUT2D eigenvalue weighted by atomic mass is 9.87. The molecule has 0 aromatic rings. The van der Waals surface area contributed by atoms with Gasteiger partial charge < -0.3 is 14.7 Å². The van der Waals surface area contributed by atoms with Gasteiger partial charge in [0.25, 0.3) is 0 Å². The Morgan fingerprint density at radius 3 is 2.58 bits per heavy atom. The number of rotatable bonds is 5. The molecule has 1 atom stereocenters. The van der Waals surface area contributed by atoms with Crippen LogP contribution in [0.4, 0.5) is 0 Å². The van der Waals surface area contributed by atoms with Crippen LogP contribution in [-0.2, 0) is 9.59 Å². The second kappa shape index (κ2) is 7.85. The van der Waals surface area contributed by atoms with Gasteiger partial charge in [0.15, 0.2) is 0 Å². The standard InChI is InChI=1S/C19H33N3O2/c1-2-3-11-20-12-6-8-19(10-15-20)9-7-17(23)22(19)16-18(24)21-13-4-5-14-21/h2-16H2,1H3. The third-order valence-electron chi connectivity index (χ3n) is 6.27. The van der Waals surface area contributed by atoms with Gasteiger partial charge in [-0.1, -0.05) is 13.3 Å². The topological polar surface area (TPSA) is 43.9 Å². The molecular weight excluding hydrogens is 302 g/mol. The van der Waals surface area contributed by atoms with Crippen molar-refractivity contribution in [3.05, 3.63) is 0 Å². The minimum absolute atomic E-state index is 0.0482. The highest BCUT2D eigenvalue weighted by molar-refractivity contribution is 5.87. The fourth-order valence-electron chi connectivity index (χ4n) is 4.69. The molecule has 0 aromatic carbocycles. The van der Waals surface area contributed by atoms with Gasteiger partial charge in [-0.2, -0.15) is 0 Å². The van der Waals surface area contributed by atoms with Crippen molar-refractivity contribution >= 4 is 11.8 Å². The Morgan fingerprint density at radius 1 is 1.04 bits per heavy atom. The van der Waals surface area contributed by atoms with Crippen LogP contribution in [0.1, 0.15) is 64.7 Å². The molecule has 1 spiro atoms. The van der Waals surface area contributed by atoms with E-state index in [0.29, 0.717) is 13.0 Å². The average Bonchev–Trinajstić information content (AvgIpc) is 3.15. The summed E-state index contributed by atoms with van der Waals surface area (Å²) in [6.07, 6.45) is 9.52. The number of unbranched alkanes of at least 4 members (excludes halogenated alkanes) is 1. The zero-order valence-electron chi connectivity index (χ0n) is 15.3. The number of amides is 2. The predicted molar refractivity (Wildman–Crippen MR) is 94.7 cm³/mol. The summed E-state index contributed by atoms with van der Waals surface area (Å²) < 4.78 is 0. The zero-order chi connectivity index (χ0) is 17.0. The molecule has 0 saturated carbocycles. The summed E-state index contributed by atoms with van der Waals surface area (Å²) in [6, 6.07) is 0. The van der Waals surface area contributed by atoms with E-state index in [0.717, 1.165) is 64.7 Å². The van der Waals surface area contributed by atoms with Crippen molar-refractivity contribution in [3.8, 4) is 0 Å². The molecule has 5 nitrogen and oxygen atoms in total. The summed E-state index contributed by atoms with van der Waals surface area (Å²) in [5.41, 5.74) is -0.0482. The van der Waals surface area contributed by atoms with Crippen LogP contribution >= 0.6 is 0 Å². The second-order valence-corrected chi connectivity index (χ2v) is 7.84. The minimum Gasteiger partial charge on any atom is -0.341 e. The van der Waals surface area contributed by atoms with Crippen molar-refractivity contribution in [2.75, 3.05) is 39.3 Å². The maximum atomic E-state index is 12.6. The van der Waals surface area contributed by atoms with E-state index in [1.165, 1.54) is 19.4 Å². The van der Waals surface area contributed by atoms with Crippen LogP contribution in [-0.4, -0.2) is 71.3 Å². The number of hydrogen-bond acceptors (Lipinski definition) is 3. The summed E-state index contributed by atoms with van der Waals surface area (Å²) in [7, 11) is 0. The number of carbonyl (C=O) groups excluding carboxylic acids is 2. The van der Waals surface area contributed by atoms with E-state index in [4.69, 9.17) is 0 Å². The lowest BCUT2D eigenvalue weighted by Gasteiger charge is -2.38. The molecule has 24 heavy (non-hydrogen) atoms. The van der Waals surface area contributed by atoms with Crippen LogP contribution in [0, 0.1) is 0 Å². The molecule has 3 aliphatic heterocycles. The fraction of sp³-hybridized carbons (Fsp3) is 0.895. The first-order chi connectivity index (χ1) is 11.6. The Balaban J connectivity index is 1.64. The molecule has 0 aromatic heterocycles. The molecule has 136 valence electrons. The second-order valence-electron chi connectivity index (χ2n) is 7.84. The summed E-state index contributed by atoms with van der Waals surface area (Å²) >= 11 is 0. The van der Waals surface area contributed by atoms with Crippen molar-refractivity contribution in [3.63, 3.8) is 0 Å². The van der Waals surface area contributed by atoms with Gasteiger partial charge in [0.1, 0.15) is 6.54 Å². The molecule has 0 N–H and O–H groups in total.